The van der Waals surface area contributed by atoms with Crippen LogP contribution in [0.1, 0.15) is 63.5 Å². The van der Waals surface area contributed by atoms with Crippen LogP contribution in [0.3, 0.4) is 0 Å². The summed E-state index contributed by atoms with van der Waals surface area (Å²) in [7, 11) is 0. The zero-order valence-corrected chi connectivity index (χ0v) is 16.1. The van der Waals surface area contributed by atoms with Crippen LogP contribution in [0.4, 0.5) is 4.79 Å². The highest BCUT2D eigenvalue weighted by molar-refractivity contribution is 5.74. The van der Waals surface area contributed by atoms with E-state index in [0.29, 0.717) is 17.5 Å². The molecule has 1 aromatic rings. The molecule has 1 spiro atoms. The van der Waals surface area contributed by atoms with Crippen LogP contribution in [0.5, 0.6) is 0 Å². The van der Waals surface area contributed by atoms with Crippen LogP contribution in [0.15, 0.2) is 30.3 Å². The third kappa shape index (κ3) is 3.24. The van der Waals surface area contributed by atoms with E-state index < -0.39 is 0 Å². The number of nitrogens with zero attached hydrogens (tertiary/aromatic N) is 2. The number of rotatable bonds is 4. The Kier molecular flexibility index (Phi) is 5.21. The summed E-state index contributed by atoms with van der Waals surface area (Å²) in [5, 5.41) is 3.02. The summed E-state index contributed by atoms with van der Waals surface area (Å²) in [5.41, 5.74) is 2.03. The topological polar surface area (TPSA) is 35.6 Å². The molecule has 2 amide bonds. The number of nitrogens with one attached hydrogen (secondary N) is 1. The van der Waals surface area contributed by atoms with Crippen molar-refractivity contribution < 1.29 is 4.79 Å². The van der Waals surface area contributed by atoms with Crippen molar-refractivity contribution in [1.29, 1.82) is 0 Å². The molecule has 1 saturated carbocycles. The standard InChI is InChI=1S/C22H33N3O/c1-2-14-23-21(26)24-15-10-19(11-16-24)25-17-22(12-6-7-13-22)20(25)18-8-4-3-5-9-18/h3-5,8-9,19-20H,2,6-7,10-17H2,1H3,(H,23,26). The maximum Gasteiger partial charge on any atom is 0.317 e. The Morgan fingerprint density at radius 2 is 1.85 bits per heavy atom. The van der Waals surface area contributed by atoms with Crippen LogP contribution in [-0.4, -0.2) is 48.1 Å². The molecular weight excluding hydrogens is 322 g/mol. The zero-order chi connectivity index (χ0) is 18.0. The van der Waals surface area contributed by atoms with Crippen molar-refractivity contribution in [2.24, 2.45) is 5.41 Å². The van der Waals surface area contributed by atoms with Crippen molar-refractivity contribution in [2.45, 2.75) is 64.0 Å². The van der Waals surface area contributed by atoms with Gasteiger partial charge in [0.25, 0.3) is 0 Å². The SMILES string of the molecule is CCCNC(=O)N1CCC(N2CC3(CCCC3)C2c2ccccc2)CC1. The van der Waals surface area contributed by atoms with Gasteiger partial charge in [-0.3, -0.25) is 4.90 Å². The second-order valence-electron chi connectivity index (χ2n) is 8.51. The lowest BCUT2D eigenvalue weighted by molar-refractivity contribution is -0.110. The van der Waals surface area contributed by atoms with Gasteiger partial charge in [0, 0.05) is 43.7 Å². The number of hydrogen-bond donors (Lipinski definition) is 1. The molecule has 0 radical (unpaired) electrons. The smallest absolute Gasteiger partial charge is 0.317 e. The van der Waals surface area contributed by atoms with E-state index in [1.165, 1.54) is 37.8 Å². The van der Waals surface area contributed by atoms with Gasteiger partial charge in [-0.1, -0.05) is 50.1 Å². The first-order valence-corrected chi connectivity index (χ1v) is 10.6. The van der Waals surface area contributed by atoms with Gasteiger partial charge in [0.15, 0.2) is 0 Å². The second kappa shape index (κ2) is 7.59. The fraction of sp³-hybridized carbons (Fsp3) is 0.682. The summed E-state index contributed by atoms with van der Waals surface area (Å²) in [6.45, 7) is 5.93. The van der Waals surface area contributed by atoms with Crippen LogP contribution >= 0.6 is 0 Å². The Morgan fingerprint density at radius 3 is 2.50 bits per heavy atom. The Morgan fingerprint density at radius 1 is 1.15 bits per heavy atom. The van der Waals surface area contributed by atoms with Crippen molar-refractivity contribution >= 4 is 6.03 Å². The minimum atomic E-state index is 0.126. The van der Waals surface area contributed by atoms with Gasteiger partial charge in [-0.2, -0.15) is 0 Å². The van der Waals surface area contributed by atoms with E-state index >= 15 is 0 Å². The molecule has 4 rings (SSSR count). The maximum atomic E-state index is 12.2. The number of benzene rings is 1. The summed E-state index contributed by atoms with van der Waals surface area (Å²) < 4.78 is 0. The van der Waals surface area contributed by atoms with E-state index in [1.54, 1.807) is 0 Å². The van der Waals surface area contributed by atoms with Gasteiger partial charge >= 0.3 is 6.03 Å². The van der Waals surface area contributed by atoms with E-state index in [1.807, 2.05) is 4.90 Å². The molecule has 1 aromatic carbocycles. The molecule has 1 aliphatic carbocycles. The molecule has 2 aliphatic heterocycles. The number of hydrogen-bond acceptors (Lipinski definition) is 2. The number of amides is 2. The highest BCUT2D eigenvalue weighted by Gasteiger charge is 2.55. The Labute approximate surface area is 157 Å². The maximum absolute atomic E-state index is 12.2. The number of likely N-dealkylation sites (tertiary alicyclic amines) is 2. The highest BCUT2D eigenvalue weighted by atomic mass is 16.2. The molecule has 142 valence electrons. The summed E-state index contributed by atoms with van der Waals surface area (Å²) >= 11 is 0. The van der Waals surface area contributed by atoms with E-state index in [0.717, 1.165) is 38.9 Å². The molecule has 0 bridgehead atoms. The fourth-order valence-corrected chi connectivity index (χ4v) is 5.56. The Balaban J connectivity index is 1.41. The second-order valence-corrected chi connectivity index (χ2v) is 8.51. The van der Waals surface area contributed by atoms with Gasteiger partial charge in [0.05, 0.1) is 0 Å². The number of urea groups is 1. The van der Waals surface area contributed by atoms with Gasteiger partial charge in [0.1, 0.15) is 0 Å². The quantitative estimate of drug-likeness (QED) is 0.879. The van der Waals surface area contributed by atoms with Crippen molar-refractivity contribution in [1.82, 2.24) is 15.1 Å². The normalized spacial score (nSPS) is 26.0. The van der Waals surface area contributed by atoms with Crippen LogP contribution in [0.25, 0.3) is 0 Å². The first-order chi connectivity index (χ1) is 12.7. The molecule has 1 N–H and O–H groups in total. The van der Waals surface area contributed by atoms with Gasteiger partial charge in [-0.15, -0.1) is 0 Å². The zero-order valence-electron chi connectivity index (χ0n) is 16.1. The Hall–Kier alpha value is -1.55. The summed E-state index contributed by atoms with van der Waals surface area (Å²) in [6, 6.07) is 12.5. The van der Waals surface area contributed by atoms with Crippen molar-refractivity contribution in [2.75, 3.05) is 26.2 Å². The average Bonchev–Trinajstić information content (AvgIpc) is 3.17. The fourth-order valence-electron chi connectivity index (χ4n) is 5.56. The van der Waals surface area contributed by atoms with Gasteiger partial charge < -0.3 is 10.2 Å². The number of carbonyl (C=O) groups is 1. The predicted molar refractivity (Wildman–Crippen MR) is 105 cm³/mol. The third-order valence-corrected chi connectivity index (χ3v) is 6.87. The summed E-state index contributed by atoms with van der Waals surface area (Å²) in [6.07, 6.45) is 8.79. The molecular formula is C22H33N3O. The van der Waals surface area contributed by atoms with Crippen LogP contribution < -0.4 is 5.32 Å². The van der Waals surface area contributed by atoms with Gasteiger partial charge in [-0.25, -0.2) is 4.79 Å². The molecule has 3 aliphatic rings. The van der Waals surface area contributed by atoms with Crippen molar-refractivity contribution in [3.8, 4) is 0 Å². The van der Waals surface area contributed by atoms with E-state index in [9.17, 15) is 4.79 Å². The molecule has 2 saturated heterocycles. The van der Waals surface area contributed by atoms with Gasteiger partial charge in [-0.05, 0) is 37.7 Å². The van der Waals surface area contributed by atoms with Gasteiger partial charge in [0.2, 0.25) is 0 Å². The summed E-state index contributed by atoms with van der Waals surface area (Å²) in [4.78, 5) is 17.0. The number of carbonyl (C=O) groups excluding carboxylic acids is 1. The van der Waals surface area contributed by atoms with Crippen molar-refractivity contribution in [3.05, 3.63) is 35.9 Å². The molecule has 0 aromatic heterocycles. The highest BCUT2D eigenvalue weighted by Crippen LogP contribution is 2.59. The first kappa shape index (κ1) is 17.8. The monoisotopic (exact) mass is 355 g/mol. The average molecular weight is 356 g/mol. The number of piperidine rings is 1. The molecule has 4 heteroatoms. The van der Waals surface area contributed by atoms with E-state index in [2.05, 4.69) is 47.5 Å². The molecule has 3 fully saturated rings. The molecule has 2 heterocycles. The lowest BCUT2D eigenvalue weighted by Crippen LogP contribution is -2.62. The molecule has 4 nitrogen and oxygen atoms in total. The Bertz CT molecular complexity index is 603. The summed E-state index contributed by atoms with van der Waals surface area (Å²) in [5.74, 6) is 0. The van der Waals surface area contributed by atoms with Crippen LogP contribution in [0.2, 0.25) is 0 Å². The van der Waals surface area contributed by atoms with Crippen molar-refractivity contribution in [3.63, 3.8) is 0 Å². The lowest BCUT2D eigenvalue weighted by Gasteiger charge is -2.60. The molecule has 1 atom stereocenters. The third-order valence-electron chi connectivity index (χ3n) is 6.87. The van der Waals surface area contributed by atoms with Crippen LogP contribution in [0, 0.1) is 5.41 Å². The minimum Gasteiger partial charge on any atom is -0.338 e. The van der Waals surface area contributed by atoms with Crippen LogP contribution in [-0.2, 0) is 0 Å². The van der Waals surface area contributed by atoms with E-state index in [4.69, 9.17) is 0 Å². The largest absolute Gasteiger partial charge is 0.338 e. The lowest BCUT2D eigenvalue weighted by atomic mass is 9.66. The minimum absolute atomic E-state index is 0.126. The molecule has 1 unspecified atom stereocenters. The van der Waals surface area contributed by atoms with E-state index in [-0.39, 0.29) is 6.03 Å². The predicted octanol–water partition coefficient (Wildman–Crippen LogP) is 4.19. The molecule has 26 heavy (non-hydrogen) atoms. The first-order valence-electron chi connectivity index (χ1n) is 10.6.